The second-order valence-corrected chi connectivity index (χ2v) is 7.25. The predicted octanol–water partition coefficient (Wildman–Crippen LogP) is 2.39. The number of ether oxygens (including phenoxy) is 1. The van der Waals surface area contributed by atoms with Gasteiger partial charge in [-0.1, -0.05) is 15.9 Å². The third kappa shape index (κ3) is 3.63. The van der Waals surface area contributed by atoms with Crippen molar-refractivity contribution in [1.82, 2.24) is 14.3 Å². The first kappa shape index (κ1) is 16.0. The van der Waals surface area contributed by atoms with Crippen molar-refractivity contribution in [1.29, 1.82) is 0 Å². The van der Waals surface area contributed by atoms with Crippen LogP contribution in [-0.2, 0) is 16.6 Å². The zero-order chi connectivity index (χ0) is 15.5. The maximum atomic E-state index is 12.7. The molecular formula is C13H16BrN3O3S. The lowest BCUT2D eigenvalue weighted by molar-refractivity contribution is 0.329. The van der Waals surface area contributed by atoms with Gasteiger partial charge in [0.1, 0.15) is 16.5 Å². The largest absolute Gasteiger partial charge is 0.492 e. The molecule has 0 bridgehead atoms. The first-order valence-corrected chi connectivity index (χ1v) is 8.55. The minimum Gasteiger partial charge on any atom is -0.492 e. The fourth-order valence-corrected chi connectivity index (χ4v) is 3.60. The Labute approximate surface area is 132 Å². The van der Waals surface area contributed by atoms with E-state index in [9.17, 15) is 8.42 Å². The van der Waals surface area contributed by atoms with Crippen LogP contribution >= 0.6 is 15.9 Å². The summed E-state index contributed by atoms with van der Waals surface area (Å²) >= 11 is 3.29. The standard InChI is InChI=1S/C13H16BrN3O3S/c1-3-20-11-5-4-10(14)8-12(11)21(18,19)17(2)9-13-15-6-7-16-13/h4-8H,3,9H2,1-2H3,(H,15,16). The van der Waals surface area contributed by atoms with Gasteiger partial charge in [-0.3, -0.25) is 0 Å². The van der Waals surface area contributed by atoms with Crippen LogP contribution in [0.5, 0.6) is 5.75 Å². The molecule has 0 aliphatic heterocycles. The van der Waals surface area contributed by atoms with Gasteiger partial charge in [0.2, 0.25) is 10.0 Å². The van der Waals surface area contributed by atoms with Gasteiger partial charge >= 0.3 is 0 Å². The minimum atomic E-state index is -3.67. The maximum absolute atomic E-state index is 12.7. The molecule has 0 atom stereocenters. The topological polar surface area (TPSA) is 75.3 Å². The van der Waals surface area contributed by atoms with Crippen molar-refractivity contribution < 1.29 is 13.2 Å². The number of halogens is 1. The molecular weight excluding hydrogens is 358 g/mol. The first-order valence-electron chi connectivity index (χ1n) is 6.32. The molecule has 1 N–H and O–H groups in total. The molecule has 2 rings (SSSR count). The summed E-state index contributed by atoms with van der Waals surface area (Å²) in [4.78, 5) is 7.05. The molecule has 0 amide bonds. The van der Waals surface area contributed by atoms with Crippen molar-refractivity contribution in [3.63, 3.8) is 0 Å². The SMILES string of the molecule is CCOc1ccc(Br)cc1S(=O)(=O)N(C)Cc1ncc[nH]1. The van der Waals surface area contributed by atoms with Crippen molar-refractivity contribution in [2.45, 2.75) is 18.4 Å². The van der Waals surface area contributed by atoms with Gasteiger partial charge in [0, 0.05) is 23.9 Å². The van der Waals surface area contributed by atoms with Gasteiger partial charge in [0.15, 0.2) is 0 Å². The van der Waals surface area contributed by atoms with Crippen LogP contribution < -0.4 is 4.74 Å². The smallest absolute Gasteiger partial charge is 0.246 e. The molecule has 6 nitrogen and oxygen atoms in total. The molecule has 0 aliphatic rings. The Kier molecular flexibility index (Phi) is 5.02. The van der Waals surface area contributed by atoms with Gasteiger partial charge in [-0.15, -0.1) is 0 Å². The molecule has 0 saturated carbocycles. The summed E-state index contributed by atoms with van der Waals surface area (Å²) in [6.45, 7) is 2.37. The van der Waals surface area contributed by atoms with E-state index in [4.69, 9.17) is 4.74 Å². The number of hydrogen-bond donors (Lipinski definition) is 1. The zero-order valence-corrected chi connectivity index (χ0v) is 14.1. The lowest BCUT2D eigenvalue weighted by Crippen LogP contribution is -2.27. The van der Waals surface area contributed by atoms with Crippen molar-refractivity contribution in [3.8, 4) is 5.75 Å². The third-order valence-electron chi connectivity index (χ3n) is 2.82. The van der Waals surface area contributed by atoms with Gasteiger partial charge in [-0.2, -0.15) is 4.31 Å². The third-order valence-corrected chi connectivity index (χ3v) is 5.14. The molecule has 0 unspecified atom stereocenters. The Balaban J connectivity index is 2.36. The summed E-state index contributed by atoms with van der Waals surface area (Å²) in [7, 11) is -2.16. The molecule has 0 radical (unpaired) electrons. The Morgan fingerprint density at radius 1 is 1.43 bits per heavy atom. The number of benzene rings is 1. The number of aromatic nitrogens is 2. The van der Waals surface area contributed by atoms with Gasteiger partial charge in [0.25, 0.3) is 0 Å². The van der Waals surface area contributed by atoms with Crippen LogP contribution in [0.15, 0.2) is 40.0 Å². The second kappa shape index (κ2) is 6.59. The molecule has 1 aromatic heterocycles. The lowest BCUT2D eigenvalue weighted by atomic mass is 10.3. The van der Waals surface area contributed by atoms with E-state index in [1.807, 2.05) is 6.92 Å². The second-order valence-electron chi connectivity index (χ2n) is 4.32. The van der Waals surface area contributed by atoms with Crippen LogP contribution in [0.3, 0.4) is 0 Å². The van der Waals surface area contributed by atoms with Gasteiger partial charge < -0.3 is 9.72 Å². The summed E-state index contributed by atoms with van der Waals surface area (Å²) in [5, 5.41) is 0. The average molecular weight is 374 g/mol. The molecule has 114 valence electrons. The molecule has 2 aromatic rings. The van der Waals surface area contributed by atoms with Crippen LogP contribution in [0.25, 0.3) is 0 Å². The fraction of sp³-hybridized carbons (Fsp3) is 0.308. The Morgan fingerprint density at radius 2 is 2.19 bits per heavy atom. The summed E-state index contributed by atoms with van der Waals surface area (Å²) in [6, 6.07) is 4.93. The number of nitrogens with one attached hydrogen (secondary N) is 1. The zero-order valence-electron chi connectivity index (χ0n) is 11.7. The summed E-state index contributed by atoms with van der Waals surface area (Å²) < 4.78 is 32.7. The summed E-state index contributed by atoms with van der Waals surface area (Å²) in [5.41, 5.74) is 0. The first-order chi connectivity index (χ1) is 9.95. The molecule has 0 saturated heterocycles. The Hall–Kier alpha value is -1.38. The van der Waals surface area contributed by atoms with Crippen LogP contribution in [0.4, 0.5) is 0 Å². The highest BCUT2D eigenvalue weighted by atomic mass is 79.9. The van der Waals surface area contributed by atoms with Crippen molar-refractivity contribution in [2.75, 3.05) is 13.7 Å². The van der Waals surface area contributed by atoms with E-state index in [0.717, 1.165) is 0 Å². The van der Waals surface area contributed by atoms with Crippen LogP contribution in [0.2, 0.25) is 0 Å². The van der Waals surface area contributed by atoms with Crippen LogP contribution in [0.1, 0.15) is 12.7 Å². The predicted molar refractivity (Wildman–Crippen MR) is 82.6 cm³/mol. The fourth-order valence-electron chi connectivity index (χ4n) is 1.81. The number of nitrogens with zero attached hydrogens (tertiary/aromatic N) is 2. The monoisotopic (exact) mass is 373 g/mol. The molecule has 0 aliphatic carbocycles. The maximum Gasteiger partial charge on any atom is 0.246 e. The van der Waals surface area contributed by atoms with E-state index >= 15 is 0 Å². The van der Waals surface area contributed by atoms with E-state index in [1.165, 1.54) is 11.4 Å². The Morgan fingerprint density at radius 3 is 2.81 bits per heavy atom. The number of hydrogen-bond acceptors (Lipinski definition) is 4. The van der Waals surface area contributed by atoms with E-state index in [2.05, 4.69) is 25.9 Å². The average Bonchev–Trinajstić information content (AvgIpc) is 2.93. The van der Waals surface area contributed by atoms with Crippen LogP contribution in [-0.4, -0.2) is 36.3 Å². The summed E-state index contributed by atoms with van der Waals surface area (Å²) in [6.07, 6.45) is 3.24. The van der Waals surface area contributed by atoms with Gasteiger partial charge in [-0.05, 0) is 25.1 Å². The van der Waals surface area contributed by atoms with E-state index in [0.29, 0.717) is 22.7 Å². The van der Waals surface area contributed by atoms with Crippen molar-refractivity contribution >= 4 is 26.0 Å². The number of rotatable bonds is 6. The van der Waals surface area contributed by atoms with Crippen molar-refractivity contribution in [2.24, 2.45) is 0 Å². The van der Waals surface area contributed by atoms with E-state index < -0.39 is 10.0 Å². The highest BCUT2D eigenvalue weighted by molar-refractivity contribution is 9.10. The highest BCUT2D eigenvalue weighted by Gasteiger charge is 2.26. The Bertz CT molecular complexity index is 701. The summed E-state index contributed by atoms with van der Waals surface area (Å²) in [5.74, 6) is 0.918. The van der Waals surface area contributed by atoms with E-state index in [1.54, 1.807) is 30.6 Å². The molecule has 1 aromatic carbocycles. The highest BCUT2D eigenvalue weighted by Crippen LogP contribution is 2.30. The number of aromatic amines is 1. The number of sulfonamides is 1. The molecule has 0 spiro atoms. The molecule has 1 heterocycles. The molecule has 21 heavy (non-hydrogen) atoms. The molecule has 0 fully saturated rings. The quantitative estimate of drug-likeness (QED) is 0.843. The van der Waals surface area contributed by atoms with Crippen LogP contribution in [0, 0.1) is 0 Å². The van der Waals surface area contributed by atoms with Gasteiger partial charge in [-0.25, -0.2) is 13.4 Å². The number of H-pyrrole nitrogens is 1. The molecule has 8 heteroatoms. The normalized spacial score (nSPS) is 11.8. The minimum absolute atomic E-state index is 0.132. The number of imidazole rings is 1. The van der Waals surface area contributed by atoms with Gasteiger partial charge in [0.05, 0.1) is 13.2 Å². The lowest BCUT2D eigenvalue weighted by Gasteiger charge is -2.18. The van der Waals surface area contributed by atoms with Crippen molar-refractivity contribution in [3.05, 3.63) is 40.9 Å². The van der Waals surface area contributed by atoms with E-state index in [-0.39, 0.29) is 11.4 Å².